The lowest BCUT2D eigenvalue weighted by Gasteiger charge is -2.40. The molecule has 0 aromatic heterocycles. The van der Waals surface area contributed by atoms with Crippen molar-refractivity contribution < 1.29 is 24.2 Å². The van der Waals surface area contributed by atoms with E-state index in [-0.39, 0.29) is 11.3 Å². The first kappa shape index (κ1) is 33.7. The van der Waals surface area contributed by atoms with Gasteiger partial charge in [-0.15, -0.1) is 6.42 Å². The van der Waals surface area contributed by atoms with Gasteiger partial charge in [0, 0.05) is 45.5 Å². The second-order valence-electron chi connectivity index (χ2n) is 9.25. The van der Waals surface area contributed by atoms with E-state index in [1.165, 1.54) is 5.56 Å². The highest BCUT2D eigenvalue weighted by Crippen LogP contribution is 2.34. The summed E-state index contributed by atoms with van der Waals surface area (Å²) in [7, 11) is 3.62. The first-order chi connectivity index (χ1) is 17.2. The van der Waals surface area contributed by atoms with Crippen molar-refractivity contribution in [3.05, 3.63) is 35.4 Å². The number of ether oxygens (including phenoxy) is 2. The third-order valence-electron chi connectivity index (χ3n) is 6.19. The summed E-state index contributed by atoms with van der Waals surface area (Å²) in [5, 5.41) is 12.6. The van der Waals surface area contributed by atoms with Crippen LogP contribution in [-0.2, 0) is 25.6 Å². The van der Waals surface area contributed by atoms with Gasteiger partial charge in [-0.25, -0.2) is 5.43 Å². The SMILES string of the molecule is C#Cc1ccc(CNC)cc1.C=O.CC1(C(NN)C(=O)N2CCC(O)C2)CCOCC1.COC(C)C. The molecule has 1 aromatic carbocycles. The van der Waals surface area contributed by atoms with E-state index in [9.17, 15) is 9.90 Å². The summed E-state index contributed by atoms with van der Waals surface area (Å²) in [4.78, 5) is 22.2. The molecule has 2 fully saturated rings. The lowest BCUT2D eigenvalue weighted by molar-refractivity contribution is -0.138. The molecule has 2 saturated heterocycles. The third kappa shape index (κ3) is 12.1. The van der Waals surface area contributed by atoms with Gasteiger partial charge in [-0.05, 0) is 63.3 Å². The fraction of sp³-hybridized carbons (Fsp3) is 0.630. The lowest BCUT2D eigenvalue weighted by atomic mass is 9.75. The number of nitrogens with two attached hydrogens (primary N) is 1. The number of aliphatic hydroxyl groups is 1. The summed E-state index contributed by atoms with van der Waals surface area (Å²) in [5.74, 6) is 8.17. The van der Waals surface area contributed by atoms with Gasteiger partial charge < -0.3 is 29.6 Å². The molecule has 5 N–H and O–H groups in total. The van der Waals surface area contributed by atoms with Gasteiger partial charge in [-0.1, -0.05) is 25.0 Å². The van der Waals surface area contributed by atoms with Gasteiger partial charge in [0.05, 0.1) is 12.2 Å². The number of terminal acetylenes is 1. The molecule has 9 heteroatoms. The minimum Gasteiger partial charge on any atom is -0.391 e. The molecule has 9 nitrogen and oxygen atoms in total. The third-order valence-corrected chi connectivity index (χ3v) is 6.19. The van der Waals surface area contributed by atoms with Crippen molar-refractivity contribution in [3.8, 4) is 12.3 Å². The lowest BCUT2D eigenvalue weighted by Crippen LogP contribution is -2.58. The van der Waals surface area contributed by atoms with E-state index in [1.54, 1.807) is 12.0 Å². The normalized spacial score (nSPS) is 18.9. The predicted octanol–water partition coefficient (Wildman–Crippen LogP) is 1.47. The fourth-order valence-corrected chi connectivity index (χ4v) is 3.74. The van der Waals surface area contributed by atoms with E-state index in [0.29, 0.717) is 38.8 Å². The maximum Gasteiger partial charge on any atom is 0.241 e. The quantitative estimate of drug-likeness (QED) is 0.260. The van der Waals surface area contributed by atoms with Crippen molar-refractivity contribution in [2.45, 2.75) is 64.8 Å². The Hall–Kier alpha value is -2.32. The van der Waals surface area contributed by atoms with Crippen LogP contribution < -0.4 is 16.6 Å². The van der Waals surface area contributed by atoms with Gasteiger partial charge in [0.2, 0.25) is 5.91 Å². The number of hydrazine groups is 1. The standard InChI is InChI=1S/C12H23N3O3.C10H11N.C4H10O.CH2O/c1-12(3-6-18-7-4-12)10(14-13)11(17)15-5-2-9(16)8-15;1-3-9-4-6-10(7-5-9)8-11-2;1-4(2)5-3;1-2/h9-10,14,16H,2-8,13H2,1H3;1,4-7,11H,8H2,2H3;4H,1-3H3;1H2. The highest BCUT2D eigenvalue weighted by atomic mass is 16.5. The Bertz CT molecular complexity index is 760. The Kier molecular flexibility index (Phi) is 17.7. The maximum absolute atomic E-state index is 12.5. The van der Waals surface area contributed by atoms with E-state index in [0.717, 1.165) is 24.9 Å². The average Bonchev–Trinajstić information content (AvgIpc) is 3.33. The molecule has 1 amide bonds. The largest absolute Gasteiger partial charge is 0.391 e. The maximum atomic E-state index is 12.5. The Labute approximate surface area is 217 Å². The fourth-order valence-electron chi connectivity index (χ4n) is 3.74. The summed E-state index contributed by atoms with van der Waals surface area (Å²) < 4.78 is 10.1. The van der Waals surface area contributed by atoms with Crippen molar-refractivity contribution in [1.29, 1.82) is 0 Å². The van der Waals surface area contributed by atoms with Crippen LogP contribution in [0.5, 0.6) is 0 Å². The van der Waals surface area contributed by atoms with Crippen molar-refractivity contribution in [2.24, 2.45) is 11.3 Å². The zero-order valence-electron chi connectivity index (χ0n) is 22.6. The number of likely N-dealkylation sites (tertiary alicyclic amines) is 1. The Balaban J connectivity index is 0.000000579. The molecule has 2 unspecified atom stereocenters. The smallest absolute Gasteiger partial charge is 0.241 e. The molecule has 2 aliphatic rings. The zero-order valence-corrected chi connectivity index (χ0v) is 22.6. The molecule has 2 atom stereocenters. The monoisotopic (exact) mass is 506 g/mol. The van der Waals surface area contributed by atoms with Crippen LogP contribution in [0, 0.1) is 17.8 Å². The Morgan fingerprint density at radius 2 is 1.89 bits per heavy atom. The molecular formula is C27H46N4O5. The molecule has 2 heterocycles. The van der Waals surface area contributed by atoms with E-state index in [1.807, 2.05) is 51.9 Å². The number of aliphatic hydroxyl groups excluding tert-OH is 1. The number of rotatable bonds is 6. The summed E-state index contributed by atoms with van der Waals surface area (Å²) in [6.07, 6.45) is 7.50. The molecule has 0 aliphatic carbocycles. The molecule has 36 heavy (non-hydrogen) atoms. The second kappa shape index (κ2) is 18.9. The van der Waals surface area contributed by atoms with Crippen LogP contribution in [0.4, 0.5) is 0 Å². The number of nitrogens with one attached hydrogen (secondary N) is 2. The van der Waals surface area contributed by atoms with E-state index in [2.05, 4.69) is 23.6 Å². The summed E-state index contributed by atoms with van der Waals surface area (Å²) in [6.45, 7) is 11.3. The minimum atomic E-state index is -0.397. The highest BCUT2D eigenvalue weighted by Gasteiger charge is 2.42. The molecule has 204 valence electrons. The van der Waals surface area contributed by atoms with Crippen LogP contribution in [0.25, 0.3) is 0 Å². The van der Waals surface area contributed by atoms with E-state index in [4.69, 9.17) is 26.5 Å². The number of hydrogen-bond acceptors (Lipinski definition) is 8. The van der Waals surface area contributed by atoms with Crippen LogP contribution in [0.2, 0.25) is 0 Å². The van der Waals surface area contributed by atoms with Crippen LogP contribution in [0.1, 0.15) is 51.2 Å². The van der Waals surface area contributed by atoms with Gasteiger partial charge in [-0.3, -0.25) is 10.6 Å². The Morgan fingerprint density at radius 1 is 1.33 bits per heavy atom. The summed E-state index contributed by atoms with van der Waals surface area (Å²) in [6, 6.07) is 7.57. The molecule has 0 radical (unpaired) electrons. The van der Waals surface area contributed by atoms with Crippen LogP contribution in [-0.4, -0.2) is 81.4 Å². The first-order valence-electron chi connectivity index (χ1n) is 12.2. The number of carbonyl (C=O) groups is 2. The van der Waals surface area contributed by atoms with Crippen molar-refractivity contribution in [2.75, 3.05) is 40.5 Å². The number of methoxy groups -OCH3 is 1. The number of hydrogen-bond donors (Lipinski definition) is 4. The van der Waals surface area contributed by atoms with Gasteiger partial charge >= 0.3 is 0 Å². The van der Waals surface area contributed by atoms with Crippen molar-refractivity contribution >= 4 is 12.7 Å². The number of β-amino-alcohol motifs (C(OH)–C–C–N with tert-alkyl or cyclic N) is 1. The Morgan fingerprint density at radius 3 is 2.28 bits per heavy atom. The average molecular weight is 507 g/mol. The van der Waals surface area contributed by atoms with Crippen molar-refractivity contribution in [1.82, 2.24) is 15.6 Å². The first-order valence-corrected chi connectivity index (χ1v) is 12.2. The topological polar surface area (TPSA) is 126 Å². The van der Waals surface area contributed by atoms with Gasteiger partial charge in [-0.2, -0.15) is 0 Å². The highest BCUT2D eigenvalue weighted by molar-refractivity contribution is 5.83. The number of benzene rings is 1. The van der Waals surface area contributed by atoms with Crippen LogP contribution in [0.15, 0.2) is 24.3 Å². The number of amides is 1. The molecule has 0 bridgehead atoms. The molecule has 0 saturated carbocycles. The summed E-state index contributed by atoms with van der Waals surface area (Å²) >= 11 is 0. The van der Waals surface area contributed by atoms with Gasteiger partial charge in [0.15, 0.2) is 0 Å². The van der Waals surface area contributed by atoms with Gasteiger partial charge in [0.1, 0.15) is 12.8 Å². The molecule has 2 aliphatic heterocycles. The number of carbonyl (C=O) groups excluding carboxylic acids is 2. The molecule has 1 aromatic rings. The zero-order chi connectivity index (χ0) is 27.6. The van der Waals surface area contributed by atoms with Crippen molar-refractivity contribution in [3.63, 3.8) is 0 Å². The molecular weight excluding hydrogens is 460 g/mol. The van der Waals surface area contributed by atoms with Crippen LogP contribution in [0.3, 0.4) is 0 Å². The number of nitrogens with zero attached hydrogens (tertiary/aromatic N) is 1. The van der Waals surface area contributed by atoms with E-state index >= 15 is 0 Å². The minimum absolute atomic E-state index is 0.00144. The van der Waals surface area contributed by atoms with E-state index < -0.39 is 12.1 Å². The second-order valence-corrected chi connectivity index (χ2v) is 9.25. The van der Waals surface area contributed by atoms with Crippen LogP contribution >= 0.6 is 0 Å². The molecule has 3 rings (SSSR count). The molecule has 0 spiro atoms. The van der Waals surface area contributed by atoms with Gasteiger partial charge in [0.25, 0.3) is 0 Å². The predicted molar refractivity (Wildman–Crippen MR) is 143 cm³/mol. The summed E-state index contributed by atoms with van der Waals surface area (Å²) in [5.41, 5.74) is 4.70.